The first-order chi connectivity index (χ1) is 10.6. The van der Waals surface area contributed by atoms with Crippen molar-refractivity contribution in [2.75, 3.05) is 12.1 Å². The fraction of sp³-hybridized carbons (Fsp3) is 0.167. The molecule has 4 heteroatoms. The Hall–Kier alpha value is -2.75. The number of fused-ring (bicyclic) bond motifs is 1. The van der Waals surface area contributed by atoms with Crippen molar-refractivity contribution in [1.82, 2.24) is 0 Å². The first-order valence-electron chi connectivity index (χ1n) is 7.08. The second kappa shape index (κ2) is 5.93. The SMILES string of the molecule is Cc1cccc(N/C=C/C(=O)c2ccc3c(c2)OCO3)c1C. The highest BCUT2D eigenvalue weighted by Gasteiger charge is 2.14. The van der Waals surface area contributed by atoms with Gasteiger partial charge in [0.1, 0.15) is 0 Å². The molecule has 2 aromatic carbocycles. The molecule has 0 atom stereocenters. The lowest BCUT2D eigenvalue weighted by atomic mass is 10.1. The summed E-state index contributed by atoms with van der Waals surface area (Å²) in [6, 6.07) is 11.2. The van der Waals surface area contributed by atoms with Crippen LogP contribution in [0.5, 0.6) is 11.5 Å². The average Bonchev–Trinajstić information content (AvgIpc) is 2.98. The van der Waals surface area contributed by atoms with Crippen molar-refractivity contribution < 1.29 is 14.3 Å². The Bertz CT molecular complexity index is 750. The highest BCUT2D eigenvalue weighted by atomic mass is 16.7. The molecule has 0 aliphatic carbocycles. The van der Waals surface area contributed by atoms with Crippen molar-refractivity contribution in [3.8, 4) is 11.5 Å². The standard InChI is InChI=1S/C18H17NO3/c1-12-4-3-5-15(13(12)2)19-9-8-16(20)14-6-7-17-18(10-14)22-11-21-17/h3-10,19H,11H2,1-2H3/b9-8+. The molecule has 0 saturated carbocycles. The van der Waals surface area contributed by atoms with Crippen LogP contribution in [0, 0.1) is 13.8 Å². The maximum absolute atomic E-state index is 12.2. The monoisotopic (exact) mass is 295 g/mol. The first kappa shape index (κ1) is 14.2. The van der Waals surface area contributed by atoms with Crippen LogP contribution in [0.3, 0.4) is 0 Å². The van der Waals surface area contributed by atoms with Crippen molar-refractivity contribution in [2.45, 2.75) is 13.8 Å². The number of hydrogen-bond acceptors (Lipinski definition) is 4. The predicted molar refractivity (Wildman–Crippen MR) is 85.6 cm³/mol. The Balaban J connectivity index is 1.70. The summed E-state index contributed by atoms with van der Waals surface area (Å²) in [5.41, 5.74) is 3.95. The molecule has 112 valence electrons. The van der Waals surface area contributed by atoms with Crippen molar-refractivity contribution in [3.63, 3.8) is 0 Å². The molecule has 0 saturated heterocycles. The van der Waals surface area contributed by atoms with E-state index in [1.807, 2.05) is 19.1 Å². The average molecular weight is 295 g/mol. The Kier molecular flexibility index (Phi) is 3.83. The number of nitrogens with one attached hydrogen (secondary N) is 1. The second-order valence-electron chi connectivity index (χ2n) is 5.16. The Morgan fingerprint density at radius 3 is 2.82 bits per heavy atom. The third kappa shape index (κ3) is 2.81. The summed E-state index contributed by atoms with van der Waals surface area (Å²) >= 11 is 0. The van der Waals surface area contributed by atoms with E-state index in [9.17, 15) is 4.79 Å². The minimum Gasteiger partial charge on any atom is -0.454 e. The molecule has 22 heavy (non-hydrogen) atoms. The predicted octanol–water partition coefficient (Wildman–Crippen LogP) is 3.84. The minimum absolute atomic E-state index is 0.0869. The van der Waals surface area contributed by atoms with E-state index < -0.39 is 0 Å². The van der Waals surface area contributed by atoms with Crippen LogP contribution in [0.4, 0.5) is 5.69 Å². The minimum atomic E-state index is -0.0869. The second-order valence-corrected chi connectivity index (χ2v) is 5.16. The number of ketones is 1. The number of benzene rings is 2. The lowest BCUT2D eigenvalue weighted by molar-refractivity contribution is 0.104. The van der Waals surface area contributed by atoms with Gasteiger partial charge >= 0.3 is 0 Å². The summed E-state index contributed by atoms with van der Waals surface area (Å²) in [4.78, 5) is 12.2. The molecule has 1 N–H and O–H groups in total. The normalized spacial score (nSPS) is 12.6. The van der Waals surface area contributed by atoms with Gasteiger partial charge in [-0.2, -0.15) is 0 Å². The molecule has 1 heterocycles. The number of hydrogen-bond donors (Lipinski definition) is 1. The van der Waals surface area contributed by atoms with Crippen LogP contribution in [-0.4, -0.2) is 12.6 Å². The Labute approximate surface area is 129 Å². The molecule has 0 unspecified atom stereocenters. The summed E-state index contributed by atoms with van der Waals surface area (Å²) in [7, 11) is 0. The molecule has 0 spiro atoms. The van der Waals surface area contributed by atoms with E-state index >= 15 is 0 Å². The molecule has 0 aromatic heterocycles. The van der Waals surface area contributed by atoms with Gasteiger partial charge in [0.25, 0.3) is 0 Å². The Morgan fingerprint density at radius 2 is 1.95 bits per heavy atom. The summed E-state index contributed by atoms with van der Waals surface area (Å²) in [5, 5.41) is 3.15. The van der Waals surface area contributed by atoms with Crippen LogP contribution in [0.15, 0.2) is 48.7 Å². The van der Waals surface area contributed by atoms with Crippen molar-refractivity contribution in [2.24, 2.45) is 0 Å². The van der Waals surface area contributed by atoms with Gasteiger partial charge < -0.3 is 14.8 Å². The van der Waals surface area contributed by atoms with E-state index in [0.29, 0.717) is 17.1 Å². The summed E-state index contributed by atoms with van der Waals surface area (Å²) < 4.78 is 10.5. The van der Waals surface area contributed by atoms with Gasteiger partial charge in [-0.25, -0.2) is 0 Å². The molecule has 4 nitrogen and oxygen atoms in total. The summed E-state index contributed by atoms with van der Waals surface area (Å²) in [5.74, 6) is 1.20. The van der Waals surface area contributed by atoms with Crippen LogP contribution in [0.1, 0.15) is 21.5 Å². The zero-order chi connectivity index (χ0) is 15.5. The molecule has 0 fully saturated rings. The molecule has 0 radical (unpaired) electrons. The fourth-order valence-electron chi connectivity index (χ4n) is 2.26. The van der Waals surface area contributed by atoms with E-state index in [2.05, 4.69) is 18.3 Å². The van der Waals surface area contributed by atoms with Gasteiger partial charge in [0.05, 0.1) is 0 Å². The molecule has 1 aliphatic heterocycles. The van der Waals surface area contributed by atoms with Crippen molar-refractivity contribution in [1.29, 1.82) is 0 Å². The van der Waals surface area contributed by atoms with E-state index in [0.717, 1.165) is 5.69 Å². The lowest BCUT2D eigenvalue weighted by Crippen LogP contribution is -1.98. The zero-order valence-electron chi connectivity index (χ0n) is 12.6. The topological polar surface area (TPSA) is 47.6 Å². The number of allylic oxidation sites excluding steroid dienone is 1. The molecular formula is C18H17NO3. The fourth-order valence-corrected chi connectivity index (χ4v) is 2.26. The van der Waals surface area contributed by atoms with Gasteiger partial charge in [-0.15, -0.1) is 0 Å². The van der Waals surface area contributed by atoms with E-state index in [1.54, 1.807) is 24.4 Å². The molecule has 2 aromatic rings. The largest absolute Gasteiger partial charge is 0.454 e. The maximum Gasteiger partial charge on any atom is 0.231 e. The van der Waals surface area contributed by atoms with Crippen LogP contribution in [0.25, 0.3) is 0 Å². The maximum atomic E-state index is 12.2. The van der Waals surface area contributed by atoms with E-state index in [1.165, 1.54) is 17.2 Å². The zero-order valence-corrected chi connectivity index (χ0v) is 12.6. The number of carbonyl (C=O) groups is 1. The number of aryl methyl sites for hydroxylation is 1. The van der Waals surface area contributed by atoms with E-state index in [4.69, 9.17) is 9.47 Å². The highest BCUT2D eigenvalue weighted by Crippen LogP contribution is 2.32. The number of rotatable bonds is 4. The first-order valence-corrected chi connectivity index (χ1v) is 7.08. The van der Waals surface area contributed by atoms with Gasteiger partial charge in [-0.3, -0.25) is 4.79 Å². The number of carbonyl (C=O) groups excluding carboxylic acids is 1. The molecule has 3 rings (SSSR count). The third-order valence-electron chi connectivity index (χ3n) is 3.74. The van der Waals surface area contributed by atoms with Gasteiger partial charge in [0.2, 0.25) is 6.79 Å². The molecule has 0 bridgehead atoms. The highest BCUT2D eigenvalue weighted by molar-refractivity contribution is 6.05. The third-order valence-corrected chi connectivity index (χ3v) is 3.74. The summed E-state index contributed by atoms with van der Waals surface area (Å²) in [6.45, 7) is 4.31. The quantitative estimate of drug-likeness (QED) is 0.687. The lowest BCUT2D eigenvalue weighted by Gasteiger charge is -2.07. The summed E-state index contributed by atoms with van der Waals surface area (Å²) in [6.07, 6.45) is 3.17. The molecule has 1 aliphatic rings. The van der Waals surface area contributed by atoms with Gasteiger partial charge in [0.15, 0.2) is 17.3 Å². The number of anilines is 1. The van der Waals surface area contributed by atoms with Crippen molar-refractivity contribution in [3.05, 3.63) is 65.4 Å². The van der Waals surface area contributed by atoms with Crippen molar-refractivity contribution >= 4 is 11.5 Å². The molecular weight excluding hydrogens is 278 g/mol. The molecule has 0 amide bonds. The van der Waals surface area contributed by atoms with Crippen LogP contribution in [-0.2, 0) is 0 Å². The van der Waals surface area contributed by atoms with Crippen LogP contribution >= 0.6 is 0 Å². The van der Waals surface area contributed by atoms with Gasteiger partial charge in [0, 0.05) is 23.5 Å². The van der Waals surface area contributed by atoms with Gasteiger partial charge in [-0.05, 0) is 49.2 Å². The van der Waals surface area contributed by atoms with E-state index in [-0.39, 0.29) is 12.6 Å². The smallest absolute Gasteiger partial charge is 0.231 e. The van der Waals surface area contributed by atoms with Gasteiger partial charge in [-0.1, -0.05) is 12.1 Å². The van der Waals surface area contributed by atoms with Crippen LogP contribution in [0.2, 0.25) is 0 Å². The van der Waals surface area contributed by atoms with Crippen LogP contribution < -0.4 is 14.8 Å². The number of ether oxygens (including phenoxy) is 2. The Morgan fingerprint density at radius 1 is 1.14 bits per heavy atom.